The lowest BCUT2D eigenvalue weighted by molar-refractivity contribution is -0.136. The Hall–Kier alpha value is -2.95. The lowest BCUT2D eigenvalue weighted by atomic mass is 10.3. The smallest absolute Gasteiger partial charge is 0.318 e. The first-order valence-corrected chi connectivity index (χ1v) is 10.2. The fourth-order valence-corrected chi connectivity index (χ4v) is 4.16. The first kappa shape index (κ1) is 20.8. The number of hydrogen-bond acceptors (Lipinski definition) is 7. The van der Waals surface area contributed by atoms with Crippen LogP contribution < -0.4 is 16.2 Å². The zero-order valence-corrected chi connectivity index (χ0v) is 17.3. The molecule has 148 valence electrons. The van der Waals surface area contributed by atoms with E-state index in [0.717, 1.165) is 14.9 Å². The molecule has 0 aliphatic rings. The summed E-state index contributed by atoms with van der Waals surface area (Å²) in [6.07, 6.45) is 2.87. The van der Waals surface area contributed by atoms with Gasteiger partial charge < -0.3 is 5.32 Å². The van der Waals surface area contributed by atoms with Gasteiger partial charge in [0.1, 0.15) is 0 Å². The molecule has 0 unspecified atom stereocenters. The maximum atomic E-state index is 12.0. The van der Waals surface area contributed by atoms with Crippen LogP contribution in [0.25, 0.3) is 0 Å². The van der Waals surface area contributed by atoms with Gasteiger partial charge in [-0.1, -0.05) is 23.4 Å². The molecule has 29 heavy (non-hydrogen) atoms. The summed E-state index contributed by atoms with van der Waals surface area (Å²) in [5, 5.41) is 4.77. The lowest BCUT2D eigenvalue weighted by Gasteiger charge is -2.09. The average molecular weight is 448 g/mol. The molecule has 2 aromatic heterocycles. The van der Waals surface area contributed by atoms with Crippen LogP contribution in [0.15, 0.2) is 57.3 Å². The number of benzene rings is 1. The van der Waals surface area contributed by atoms with Crippen molar-refractivity contribution in [2.45, 2.75) is 16.2 Å². The number of rotatable bonds is 4. The highest BCUT2D eigenvalue weighted by atomic mass is 35.5. The summed E-state index contributed by atoms with van der Waals surface area (Å²) in [6.45, 7) is 1.91. The zero-order valence-electron chi connectivity index (χ0n) is 14.9. The van der Waals surface area contributed by atoms with Crippen LogP contribution in [-0.2, 0) is 9.59 Å². The molecule has 0 radical (unpaired) electrons. The van der Waals surface area contributed by atoms with Crippen molar-refractivity contribution in [2.75, 3.05) is 5.32 Å². The van der Waals surface area contributed by atoms with Crippen LogP contribution in [0.3, 0.4) is 0 Å². The minimum absolute atomic E-state index is 0.288. The van der Waals surface area contributed by atoms with Gasteiger partial charge in [0.2, 0.25) is 0 Å². The Balaban J connectivity index is 1.55. The van der Waals surface area contributed by atoms with Crippen LogP contribution in [0.2, 0.25) is 5.02 Å². The van der Waals surface area contributed by atoms with E-state index in [1.807, 2.05) is 17.7 Å². The molecule has 11 heteroatoms. The predicted octanol–water partition coefficient (Wildman–Crippen LogP) is 3.05. The highest BCUT2D eigenvalue weighted by Gasteiger charge is 2.16. The van der Waals surface area contributed by atoms with Crippen LogP contribution in [0.4, 0.5) is 5.69 Å². The molecule has 0 saturated heterocycles. The number of aryl methyl sites for hydroxylation is 1. The van der Waals surface area contributed by atoms with Gasteiger partial charge in [-0.2, -0.15) is 0 Å². The number of carbonyl (C=O) groups excluding carboxylic acids is 3. The summed E-state index contributed by atoms with van der Waals surface area (Å²) in [7, 11) is 0. The van der Waals surface area contributed by atoms with Crippen LogP contribution in [0.1, 0.15) is 16.1 Å². The summed E-state index contributed by atoms with van der Waals surface area (Å²) in [5.74, 6) is -2.55. The van der Waals surface area contributed by atoms with Crippen LogP contribution in [0, 0.1) is 6.92 Å². The van der Waals surface area contributed by atoms with Crippen molar-refractivity contribution in [3.05, 3.63) is 64.4 Å². The molecule has 0 spiro atoms. The van der Waals surface area contributed by atoms with Crippen molar-refractivity contribution in [1.29, 1.82) is 0 Å². The third-order valence-corrected chi connectivity index (χ3v) is 5.98. The predicted molar refractivity (Wildman–Crippen MR) is 111 cm³/mol. The van der Waals surface area contributed by atoms with Crippen molar-refractivity contribution in [1.82, 2.24) is 20.8 Å². The maximum absolute atomic E-state index is 12.0. The second-order valence-electron chi connectivity index (χ2n) is 5.60. The van der Waals surface area contributed by atoms with Gasteiger partial charge in [0.05, 0.1) is 5.02 Å². The molecule has 0 saturated carbocycles. The highest BCUT2D eigenvalue weighted by Crippen LogP contribution is 2.36. The number of nitrogens with one attached hydrogen (secondary N) is 3. The standard InChI is InChI=1S/C18H14ClN5O3S2/c1-10-9-28-18(21-10)29-14-3-2-12(8-13(14)19)22-16(26)17(27)24-23-15(25)11-4-6-20-7-5-11/h2-9H,1H3,(H,22,26)(H,23,25)(H,24,27). The molecule has 8 nitrogen and oxygen atoms in total. The van der Waals surface area contributed by atoms with Crippen molar-refractivity contribution in [3.63, 3.8) is 0 Å². The number of anilines is 1. The number of halogens is 1. The maximum Gasteiger partial charge on any atom is 0.328 e. The quantitative estimate of drug-likeness (QED) is 0.418. The van der Waals surface area contributed by atoms with Gasteiger partial charge >= 0.3 is 11.8 Å². The van der Waals surface area contributed by atoms with Crippen LogP contribution in [0.5, 0.6) is 0 Å². The molecule has 1 aromatic carbocycles. The van der Waals surface area contributed by atoms with Crippen LogP contribution in [-0.4, -0.2) is 27.7 Å². The number of carbonyl (C=O) groups is 3. The Labute approximate surface area is 179 Å². The lowest BCUT2D eigenvalue weighted by Crippen LogP contribution is -2.46. The summed E-state index contributed by atoms with van der Waals surface area (Å²) in [6, 6.07) is 7.81. The van der Waals surface area contributed by atoms with E-state index in [1.165, 1.54) is 53.7 Å². The van der Waals surface area contributed by atoms with Crippen molar-refractivity contribution in [2.24, 2.45) is 0 Å². The molecule has 2 heterocycles. The van der Waals surface area contributed by atoms with Gasteiger partial charge in [-0.15, -0.1) is 11.3 Å². The molecule has 0 bridgehead atoms. The fraction of sp³-hybridized carbons (Fsp3) is 0.0556. The van der Waals surface area contributed by atoms with E-state index in [0.29, 0.717) is 10.7 Å². The van der Waals surface area contributed by atoms with E-state index >= 15 is 0 Å². The molecule has 0 aliphatic carbocycles. The third kappa shape index (κ3) is 5.76. The average Bonchev–Trinajstić information content (AvgIpc) is 3.13. The molecular weight excluding hydrogens is 434 g/mol. The molecule has 0 atom stereocenters. The number of thiazole rings is 1. The topological polar surface area (TPSA) is 113 Å². The van der Waals surface area contributed by atoms with E-state index in [1.54, 1.807) is 12.1 Å². The van der Waals surface area contributed by atoms with E-state index in [4.69, 9.17) is 11.6 Å². The fourth-order valence-electron chi connectivity index (χ4n) is 2.07. The van der Waals surface area contributed by atoms with E-state index < -0.39 is 17.7 Å². The van der Waals surface area contributed by atoms with E-state index in [9.17, 15) is 14.4 Å². The van der Waals surface area contributed by atoms with Gasteiger partial charge in [0, 0.05) is 39.6 Å². The van der Waals surface area contributed by atoms with Crippen molar-refractivity contribution >= 4 is 58.1 Å². The second kappa shape index (κ2) is 9.50. The summed E-state index contributed by atoms with van der Waals surface area (Å²) in [4.78, 5) is 44.7. The first-order valence-electron chi connectivity index (χ1n) is 8.13. The van der Waals surface area contributed by atoms with Gasteiger partial charge in [-0.25, -0.2) is 4.98 Å². The molecule has 3 aromatic rings. The Bertz CT molecular complexity index is 1060. The third-order valence-electron chi connectivity index (χ3n) is 3.42. The highest BCUT2D eigenvalue weighted by molar-refractivity contribution is 8.01. The van der Waals surface area contributed by atoms with Gasteiger partial charge in [-0.05, 0) is 37.3 Å². The molecule has 3 rings (SSSR count). The Morgan fingerprint density at radius 3 is 2.48 bits per heavy atom. The second-order valence-corrected chi connectivity index (χ2v) is 8.15. The monoisotopic (exact) mass is 447 g/mol. The largest absolute Gasteiger partial charge is 0.328 e. The summed E-state index contributed by atoms with van der Waals surface area (Å²) < 4.78 is 0.852. The number of amides is 3. The Morgan fingerprint density at radius 1 is 1.07 bits per heavy atom. The van der Waals surface area contributed by atoms with Gasteiger partial charge in [-0.3, -0.25) is 30.2 Å². The number of hydrogen-bond donors (Lipinski definition) is 3. The first-order chi connectivity index (χ1) is 13.9. The van der Waals surface area contributed by atoms with Gasteiger partial charge in [0.15, 0.2) is 4.34 Å². The molecule has 3 N–H and O–H groups in total. The molecule has 0 aliphatic heterocycles. The van der Waals surface area contributed by atoms with E-state index in [2.05, 4.69) is 20.7 Å². The molecule has 3 amide bonds. The summed E-state index contributed by atoms with van der Waals surface area (Å²) in [5.41, 5.74) is 5.76. The minimum Gasteiger partial charge on any atom is -0.318 e. The van der Waals surface area contributed by atoms with Crippen molar-refractivity contribution < 1.29 is 14.4 Å². The SMILES string of the molecule is Cc1csc(Sc2ccc(NC(=O)C(=O)NNC(=O)c3ccncc3)cc2Cl)n1. The normalized spacial score (nSPS) is 10.3. The Morgan fingerprint density at radius 2 is 1.83 bits per heavy atom. The number of nitrogens with zero attached hydrogens (tertiary/aromatic N) is 2. The number of aromatic nitrogens is 2. The molecule has 0 fully saturated rings. The van der Waals surface area contributed by atoms with Crippen LogP contribution >= 0.6 is 34.7 Å². The van der Waals surface area contributed by atoms with E-state index in [-0.39, 0.29) is 5.56 Å². The number of hydrazine groups is 1. The number of pyridine rings is 1. The van der Waals surface area contributed by atoms with Gasteiger partial charge in [0.25, 0.3) is 5.91 Å². The minimum atomic E-state index is -1.03. The van der Waals surface area contributed by atoms with Crippen molar-refractivity contribution in [3.8, 4) is 0 Å². The zero-order chi connectivity index (χ0) is 20.8. The molecular formula is C18H14ClN5O3S2. The summed E-state index contributed by atoms with van der Waals surface area (Å²) >= 11 is 9.18. The Kier molecular flexibility index (Phi) is 6.81.